The van der Waals surface area contributed by atoms with Gasteiger partial charge in [-0.05, 0) is 73.8 Å². The summed E-state index contributed by atoms with van der Waals surface area (Å²) in [6.45, 7) is 3.80. The second-order valence-electron chi connectivity index (χ2n) is 8.29. The molecule has 3 aromatic carbocycles. The maximum absolute atomic E-state index is 12.7. The largest absolute Gasteiger partial charge is 0.352 e. The van der Waals surface area contributed by atoms with E-state index in [4.69, 9.17) is 12.2 Å². The number of carbonyl (C=O) groups is 1. The number of likely N-dealkylation sites (tertiary alicyclic amines) is 1. The van der Waals surface area contributed by atoms with Crippen molar-refractivity contribution in [1.29, 1.82) is 0 Å². The van der Waals surface area contributed by atoms with Crippen LogP contribution in [0.25, 0.3) is 0 Å². The molecule has 0 aromatic heterocycles. The summed E-state index contributed by atoms with van der Waals surface area (Å²) in [6.07, 6.45) is 3.40. The third-order valence-corrected chi connectivity index (χ3v) is 6.04. The molecular formula is C27H29N3OS. The normalized spacial score (nSPS) is 14.5. The van der Waals surface area contributed by atoms with E-state index in [-0.39, 0.29) is 11.9 Å². The van der Waals surface area contributed by atoms with Crippen LogP contribution in [0.15, 0.2) is 78.9 Å². The Morgan fingerprint density at radius 2 is 1.56 bits per heavy atom. The van der Waals surface area contributed by atoms with Crippen molar-refractivity contribution in [1.82, 2.24) is 10.2 Å². The highest BCUT2D eigenvalue weighted by molar-refractivity contribution is 7.80. The standard InChI is InChI=1S/C27H29N3OS/c1-20-9-8-12-23(19-20)25(21-10-4-2-5-11-21)29-27(32)28-24-15-13-22(14-16-24)26(31)30-17-6-3-7-18-30/h2,4-5,8-16,19,25H,3,6-7,17-18H2,1H3,(H2,28,29,32)/t25-/m1/s1. The van der Waals surface area contributed by atoms with Crippen LogP contribution in [0, 0.1) is 6.92 Å². The first-order valence-electron chi connectivity index (χ1n) is 11.2. The maximum atomic E-state index is 12.7. The van der Waals surface area contributed by atoms with Crippen molar-refractivity contribution >= 4 is 28.9 Å². The van der Waals surface area contributed by atoms with E-state index >= 15 is 0 Å². The zero-order valence-corrected chi connectivity index (χ0v) is 19.2. The number of piperidine rings is 1. The van der Waals surface area contributed by atoms with Gasteiger partial charge in [0.2, 0.25) is 0 Å². The summed E-state index contributed by atoms with van der Waals surface area (Å²) in [5, 5.41) is 7.26. The van der Waals surface area contributed by atoms with Gasteiger partial charge in [-0.15, -0.1) is 0 Å². The molecule has 1 aliphatic rings. The lowest BCUT2D eigenvalue weighted by Crippen LogP contribution is -2.35. The summed E-state index contributed by atoms with van der Waals surface area (Å²) >= 11 is 5.63. The Morgan fingerprint density at radius 3 is 2.25 bits per heavy atom. The van der Waals surface area contributed by atoms with Gasteiger partial charge in [0.05, 0.1) is 6.04 Å². The monoisotopic (exact) mass is 443 g/mol. The molecule has 4 nitrogen and oxygen atoms in total. The zero-order valence-electron chi connectivity index (χ0n) is 18.4. The molecule has 5 heteroatoms. The quantitative estimate of drug-likeness (QED) is 0.497. The molecule has 0 radical (unpaired) electrons. The molecule has 4 rings (SSSR count). The fraction of sp³-hybridized carbons (Fsp3) is 0.259. The summed E-state index contributed by atoms with van der Waals surface area (Å²) < 4.78 is 0. The minimum atomic E-state index is -0.0592. The summed E-state index contributed by atoms with van der Waals surface area (Å²) in [5.74, 6) is 0.112. The van der Waals surface area contributed by atoms with Crippen LogP contribution in [0.3, 0.4) is 0 Å². The number of nitrogens with one attached hydrogen (secondary N) is 2. The Labute approximate surface area is 195 Å². The molecule has 0 saturated carbocycles. The summed E-state index contributed by atoms with van der Waals surface area (Å²) in [7, 11) is 0. The third kappa shape index (κ3) is 5.54. The number of rotatable bonds is 5. The van der Waals surface area contributed by atoms with Gasteiger partial charge in [0.15, 0.2) is 5.11 Å². The van der Waals surface area contributed by atoms with Crippen molar-refractivity contribution in [2.45, 2.75) is 32.2 Å². The summed E-state index contributed by atoms with van der Waals surface area (Å²) in [5.41, 5.74) is 5.08. The number of benzene rings is 3. The third-order valence-electron chi connectivity index (χ3n) is 5.82. The van der Waals surface area contributed by atoms with E-state index in [0.29, 0.717) is 5.11 Å². The summed E-state index contributed by atoms with van der Waals surface area (Å²) in [4.78, 5) is 14.6. The van der Waals surface area contributed by atoms with Crippen LogP contribution in [0.5, 0.6) is 0 Å². The second kappa shape index (κ2) is 10.4. The Bertz CT molecular complexity index is 1060. The van der Waals surface area contributed by atoms with Crippen molar-refractivity contribution in [3.8, 4) is 0 Å². The first-order valence-corrected chi connectivity index (χ1v) is 11.6. The molecule has 1 heterocycles. The zero-order chi connectivity index (χ0) is 22.3. The summed E-state index contributed by atoms with van der Waals surface area (Å²) in [6, 6.07) is 26.2. The molecule has 0 unspecified atom stereocenters. The molecule has 0 aliphatic carbocycles. The number of thiocarbonyl (C=S) groups is 1. The van der Waals surface area contributed by atoms with Crippen LogP contribution in [-0.2, 0) is 0 Å². The molecule has 0 spiro atoms. The van der Waals surface area contributed by atoms with E-state index in [1.807, 2.05) is 47.4 Å². The lowest BCUT2D eigenvalue weighted by molar-refractivity contribution is 0.0724. The number of anilines is 1. The molecule has 164 valence electrons. The van der Waals surface area contributed by atoms with E-state index in [1.165, 1.54) is 12.0 Å². The molecular weight excluding hydrogens is 414 g/mol. The van der Waals surface area contributed by atoms with E-state index < -0.39 is 0 Å². The molecule has 1 saturated heterocycles. The van der Waals surface area contributed by atoms with Gasteiger partial charge >= 0.3 is 0 Å². The second-order valence-corrected chi connectivity index (χ2v) is 8.69. The lowest BCUT2D eigenvalue weighted by atomic mass is 9.97. The Balaban J connectivity index is 1.44. The van der Waals surface area contributed by atoms with Crippen LogP contribution < -0.4 is 10.6 Å². The Hall–Kier alpha value is -3.18. The molecule has 1 atom stereocenters. The van der Waals surface area contributed by atoms with Crippen molar-refractivity contribution < 1.29 is 4.79 Å². The van der Waals surface area contributed by atoms with Gasteiger partial charge in [-0.25, -0.2) is 0 Å². The average Bonchev–Trinajstić information content (AvgIpc) is 2.84. The van der Waals surface area contributed by atoms with E-state index in [0.717, 1.165) is 48.3 Å². The highest BCUT2D eigenvalue weighted by Crippen LogP contribution is 2.23. The van der Waals surface area contributed by atoms with Crippen molar-refractivity contribution in [2.24, 2.45) is 0 Å². The predicted molar refractivity (Wildman–Crippen MR) is 135 cm³/mol. The molecule has 1 fully saturated rings. The topological polar surface area (TPSA) is 44.4 Å². The van der Waals surface area contributed by atoms with E-state index in [9.17, 15) is 4.79 Å². The van der Waals surface area contributed by atoms with Gasteiger partial charge in [-0.1, -0.05) is 60.2 Å². The van der Waals surface area contributed by atoms with Gasteiger partial charge in [0.25, 0.3) is 5.91 Å². The number of hydrogen-bond donors (Lipinski definition) is 2. The van der Waals surface area contributed by atoms with Crippen LogP contribution in [0.4, 0.5) is 5.69 Å². The van der Waals surface area contributed by atoms with Gasteiger partial charge in [0, 0.05) is 24.3 Å². The van der Waals surface area contributed by atoms with Gasteiger partial charge in [-0.3, -0.25) is 4.79 Å². The van der Waals surface area contributed by atoms with Crippen LogP contribution in [0.1, 0.15) is 52.4 Å². The van der Waals surface area contributed by atoms with Crippen LogP contribution in [-0.4, -0.2) is 29.0 Å². The minimum Gasteiger partial charge on any atom is -0.352 e. The first kappa shape index (κ1) is 22.0. The van der Waals surface area contributed by atoms with Crippen molar-refractivity contribution in [3.63, 3.8) is 0 Å². The number of hydrogen-bond acceptors (Lipinski definition) is 2. The minimum absolute atomic E-state index is 0.0592. The first-order chi connectivity index (χ1) is 15.6. The molecule has 32 heavy (non-hydrogen) atoms. The average molecular weight is 444 g/mol. The van der Waals surface area contributed by atoms with Crippen molar-refractivity contribution in [3.05, 3.63) is 101 Å². The highest BCUT2D eigenvalue weighted by Gasteiger charge is 2.18. The number of carbonyl (C=O) groups excluding carboxylic acids is 1. The number of amides is 1. The predicted octanol–water partition coefficient (Wildman–Crippen LogP) is 5.70. The molecule has 1 amide bonds. The number of nitrogens with zero attached hydrogens (tertiary/aromatic N) is 1. The molecule has 2 N–H and O–H groups in total. The fourth-order valence-electron chi connectivity index (χ4n) is 4.13. The van der Waals surface area contributed by atoms with Crippen LogP contribution in [0.2, 0.25) is 0 Å². The van der Waals surface area contributed by atoms with Gasteiger partial charge in [0.1, 0.15) is 0 Å². The maximum Gasteiger partial charge on any atom is 0.253 e. The lowest BCUT2D eigenvalue weighted by Gasteiger charge is -2.26. The van der Waals surface area contributed by atoms with Crippen molar-refractivity contribution in [2.75, 3.05) is 18.4 Å². The number of aryl methyl sites for hydroxylation is 1. The Morgan fingerprint density at radius 1 is 0.875 bits per heavy atom. The highest BCUT2D eigenvalue weighted by atomic mass is 32.1. The van der Waals surface area contributed by atoms with E-state index in [2.05, 4.69) is 54.0 Å². The van der Waals surface area contributed by atoms with E-state index in [1.54, 1.807) is 0 Å². The smallest absolute Gasteiger partial charge is 0.253 e. The fourth-order valence-corrected chi connectivity index (χ4v) is 4.36. The molecule has 3 aromatic rings. The van der Waals surface area contributed by atoms with Crippen LogP contribution >= 0.6 is 12.2 Å². The SMILES string of the molecule is Cc1cccc([C@H](NC(=S)Nc2ccc(C(=O)N3CCCCC3)cc2)c2ccccc2)c1. The van der Waals surface area contributed by atoms with Gasteiger partial charge in [-0.2, -0.15) is 0 Å². The Kier molecular flexibility index (Phi) is 7.17. The molecule has 1 aliphatic heterocycles. The molecule has 0 bridgehead atoms. The van der Waals surface area contributed by atoms with Gasteiger partial charge < -0.3 is 15.5 Å².